The molecule has 0 aliphatic rings. The molecule has 1 amide bonds. The lowest BCUT2D eigenvalue weighted by Crippen LogP contribution is -2.37. The summed E-state index contributed by atoms with van der Waals surface area (Å²) in [5.74, 6) is -0.208. The fourth-order valence-corrected chi connectivity index (χ4v) is 2.41. The minimum Gasteiger partial charge on any atom is -0.467 e. The zero-order chi connectivity index (χ0) is 19.3. The number of nitrogens with zero attached hydrogens (tertiary/aromatic N) is 3. The monoisotopic (exact) mass is 387 g/mol. The van der Waals surface area contributed by atoms with Crippen LogP contribution in [0.1, 0.15) is 17.7 Å². The molecule has 2 rings (SSSR count). The zero-order valence-electron chi connectivity index (χ0n) is 13.3. The summed E-state index contributed by atoms with van der Waals surface area (Å²) < 4.78 is 44.4. The van der Waals surface area contributed by atoms with Crippen LogP contribution in [-0.4, -0.2) is 21.9 Å². The molecule has 2 heterocycles. The van der Waals surface area contributed by atoms with E-state index >= 15 is 0 Å². The smallest absolute Gasteiger partial charge is 0.417 e. The van der Waals surface area contributed by atoms with Gasteiger partial charge in [0.1, 0.15) is 17.3 Å². The Hall–Kier alpha value is -2.73. The van der Waals surface area contributed by atoms with Crippen LogP contribution in [0.2, 0.25) is 5.02 Å². The van der Waals surface area contributed by atoms with Crippen molar-refractivity contribution < 1.29 is 22.4 Å². The molecule has 6 nitrogen and oxygen atoms in total. The minimum absolute atomic E-state index is 0.0185. The van der Waals surface area contributed by atoms with Crippen LogP contribution in [0, 0.1) is 11.3 Å². The van der Waals surface area contributed by atoms with Gasteiger partial charge in [0.2, 0.25) is 5.91 Å². The fraction of sp³-hybridized carbons (Fsp3) is 0.312. The third-order valence-corrected chi connectivity index (χ3v) is 3.72. The van der Waals surface area contributed by atoms with Crippen molar-refractivity contribution >= 4 is 17.5 Å². The molecule has 0 spiro atoms. The van der Waals surface area contributed by atoms with Crippen LogP contribution >= 0.6 is 11.6 Å². The highest BCUT2D eigenvalue weighted by atomic mass is 35.5. The number of amides is 1. The Kier molecular flexibility index (Phi) is 6.10. The Balaban J connectivity index is 2.26. The normalized spacial score (nSPS) is 11.2. The number of pyridine rings is 1. The molecule has 0 radical (unpaired) electrons. The number of aromatic nitrogens is 1. The first-order valence-electron chi connectivity index (χ1n) is 7.36. The van der Waals surface area contributed by atoms with Gasteiger partial charge in [-0.15, -0.1) is 0 Å². The van der Waals surface area contributed by atoms with Crippen LogP contribution in [0.4, 0.5) is 13.2 Å². The second-order valence-electron chi connectivity index (χ2n) is 5.31. The van der Waals surface area contributed by atoms with Crippen LogP contribution in [0.5, 0.6) is 0 Å². The quantitative estimate of drug-likeness (QED) is 0.763. The lowest BCUT2D eigenvalue weighted by atomic mass is 10.2. The molecule has 0 atom stereocenters. The number of nitriles is 1. The van der Waals surface area contributed by atoms with Gasteiger partial charge in [0.15, 0.2) is 0 Å². The predicted octanol–water partition coefficient (Wildman–Crippen LogP) is 3.06. The number of halogens is 4. The maximum Gasteiger partial charge on any atom is 0.417 e. The third-order valence-electron chi connectivity index (χ3n) is 3.45. The van der Waals surface area contributed by atoms with E-state index in [4.69, 9.17) is 21.3 Å². The molecule has 26 heavy (non-hydrogen) atoms. The van der Waals surface area contributed by atoms with Gasteiger partial charge in [-0.3, -0.25) is 9.59 Å². The summed E-state index contributed by atoms with van der Waals surface area (Å²) in [6, 6.07) is 5.62. The first-order valence-corrected chi connectivity index (χ1v) is 7.74. The Morgan fingerprint density at radius 2 is 2.15 bits per heavy atom. The van der Waals surface area contributed by atoms with Crippen LogP contribution in [0.25, 0.3) is 0 Å². The lowest BCUT2D eigenvalue weighted by molar-refractivity contribution is -0.139. The van der Waals surface area contributed by atoms with Gasteiger partial charge in [0.25, 0.3) is 5.56 Å². The van der Waals surface area contributed by atoms with E-state index in [0.29, 0.717) is 22.6 Å². The summed E-state index contributed by atoms with van der Waals surface area (Å²) in [5, 5.41) is 8.07. The van der Waals surface area contributed by atoms with Gasteiger partial charge >= 0.3 is 6.18 Å². The van der Waals surface area contributed by atoms with Gasteiger partial charge in [-0.05, 0) is 18.2 Å². The molecule has 10 heteroatoms. The average molecular weight is 388 g/mol. The number of hydrogen-bond donors (Lipinski definition) is 0. The Morgan fingerprint density at radius 1 is 1.42 bits per heavy atom. The van der Waals surface area contributed by atoms with Crippen LogP contribution in [0.3, 0.4) is 0 Å². The zero-order valence-corrected chi connectivity index (χ0v) is 14.0. The summed E-state index contributed by atoms with van der Waals surface area (Å²) in [4.78, 5) is 25.6. The number of furan rings is 1. The number of carbonyl (C=O) groups is 1. The van der Waals surface area contributed by atoms with E-state index in [-0.39, 0.29) is 19.5 Å². The van der Waals surface area contributed by atoms with Crippen molar-refractivity contribution in [3.63, 3.8) is 0 Å². The van der Waals surface area contributed by atoms with Gasteiger partial charge in [-0.1, -0.05) is 11.6 Å². The first-order chi connectivity index (χ1) is 12.2. The van der Waals surface area contributed by atoms with Gasteiger partial charge in [-0.2, -0.15) is 18.4 Å². The second kappa shape index (κ2) is 8.10. The number of hydrogen-bond acceptors (Lipinski definition) is 4. The molecule has 0 N–H and O–H groups in total. The summed E-state index contributed by atoms with van der Waals surface area (Å²) in [5.41, 5.74) is -2.05. The highest BCUT2D eigenvalue weighted by Crippen LogP contribution is 2.29. The molecular weight excluding hydrogens is 375 g/mol. The Bertz CT molecular complexity index is 870. The molecule has 0 aromatic carbocycles. The third kappa shape index (κ3) is 4.89. The SMILES string of the molecule is N#CCCN(Cc1ccco1)C(=O)Cn1cc(C(F)(F)F)cc(Cl)c1=O. The molecule has 2 aromatic rings. The average Bonchev–Trinajstić information content (AvgIpc) is 3.07. The van der Waals surface area contributed by atoms with Gasteiger partial charge < -0.3 is 13.9 Å². The predicted molar refractivity (Wildman–Crippen MR) is 85.1 cm³/mol. The maximum atomic E-state index is 12.9. The summed E-state index contributed by atoms with van der Waals surface area (Å²) >= 11 is 5.57. The summed E-state index contributed by atoms with van der Waals surface area (Å²) in [6.07, 6.45) is -2.75. The van der Waals surface area contributed by atoms with Crippen LogP contribution in [0.15, 0.2) is 39.9 Å². The van der Waals surface area contributed by atoms with E-state index in [1.165, 1.54) is 11.2 Å². The van der Waals surface area contributed by atoms with Gasteiger partial charge in [-0.25, -0.2) is 0 Å². The van der Waals surface area contributed by atoms with E-state index in [1.54, 1.807) is 12.1 Å². The molecule has 0 fully saturated rings. The van der Waals surface area contributed by atoms with E-state index in [2.05, 4.69) is 0 Å². The Labute approximate surface area is 151 Å². The number of carbonyl (C=O) groups excluding carboxylic acids is 1. The highest BCUT2D eigenvalue weighted by Gasteiger charge is 2.32. The minimum atomic E-state index is -4.71. The molecule has 0 aliphatic heterocycles. The molecule has 0 bridgehead atoms. The van der Waals surface area contributed by atoms with E-state index in [0.717, 1.165) is 0 Å². The van der Waals surface area contributed by atoms with Crippen molar-refractivity contribution in [2.75, 3.05) is 6.54 Å². The molecule has 0 aliphatic carbocycles. The largest absolute Gasteiger partial charge is 0.467 e. The number of alkyl halides is 3. The molecule has 0 saturated heterocycles. The summed E-state index contributed by atoms with van der Waals surface area (Å²) in [6.45, 7) is -0.582. The summed E-state index contributed by atoms with van der Waals surface area (Å²) in [7, 11) is 0. The van der Waals surface area contributed by atoms with Crippen LogP contribution < -0.4 is 5.56 Å². The van der Waals surface area contributed by atoms with Crippen molar-refractivity contribution in [1.82, 2.24) is 9.47 Å². The Morgan fingerprint density at radius 3 is 2.73 bits per heavy atom. The molecule has 0 saturated carbocycles. The first kappa shape index (κ1) is 19.6. The van der Waals surface area contributed by atoms with Crippen molar-refractivity contribution in [2.24, 2.45) is 0 Å². The molecule has 138 valence electrons. The van der Waals surface area contributed by atoms with Crippen molar-refractivity contribution in [3.05, 3.63) is 57.4 Å². The number of rotatable bonds is 6. The topological polar surface area (TPSA) is 79.2 Å². The maximum absolute atomic E-state index is 12.9. The fourth-order valence-electron chi connectivity index (χ4n) is 2.18. The standard InChI is InChI=1S/C16H13ClF3N3O3/c17-13-7-11(16(18,19)20)8-23(15(13)25)10-14(24)22(5-2-4-21)9-12-3-1-6-26-12/h1,3,6-8H,2,5,9-10H2. The highest BCUT2D eigenvalue weighted by molar-refractivity contribution is 6.30. The molecular formula is C16H13ClF3N3O3. The van der Waals surface area contributed by atoms with E-state index < -0.39 is 34.8 Å². The van der Waals surface area contributed by atoms with E-state index in [9.17, 15) is 22.8 Å². The van der Waals surface area contributed by atoms with Gasteiger partial charge in [0.05, 0.1) is 30.9 Å². The molecule has 2 aromatic heterocycles. The van der Waals surface area contributed by atoms with Gasteiger partial charge in [0, 0.05) is 12.7 Å². The lowest BCUT2D eigenvalue weighted by Gasteiger charge is -2.21. The van der Waals surface area contributed by atoms with E-state index in [1.807, 2.05) is 6.07 Å². The second-order valence-corrected chi connectivity index (χ2v) is 5.72. The van der Waals surface area contributed by atoms with Crippen molar-refractivity contribution in [2.45, 2.75) is 25.7 Å². The van der Waals surface area contributed by atoms with Crippen LogP contribution in [-0.2, 0) is 24.1 Å². The van der Waals surface area contributed by atoms with Crippen molar-refractivity contribution in [3.8, 4) is 6.07 Å². The van der Waals surface area contributed by atoms with Crippen molar-refractivity contribution in [1.29, 1.82) is 5.26 Å². The molecule has 0 unspecified atom stereocenters.